The Labute approximate surface area is 191 Å². The zero-order valence-electron chi connectivity index (χ0n) is 18.9. The van der Waals surface area contributed by atoms with Crippen LogP contribution in [-0.4, -0.2) is 50.4 Å². The fourth-order valence-corrected chi connectivity index (χ4v) is 4.41. The SMILES string of the molecule is COc1cc(-c2cnc3cc(-c4cnn(C)c4)ccn23)cc(OC)c1C(=O)C[C@H]1CC[C@@H]1O. The first-order valence-corrected chi connectivity index (χ1v) is 10.9. The lowest BCUT2D eigenvalue weighted by atomic mass is 9.78. The van der Waals surface area contributed by atoms with E-state index in [9.17, 15) is 9.90 Å². The molecule has 0 aliphatic heterocycles. The van der Waals surface area contributed by atoms with Crippen LogP contribution in [-0.2, 0) is 7.05 Å². The number of aliphatic hydroxyl groups is 1. The number of methoxy groups -OCH3 is 2. The number of benzene rings is 1. The molecule has 0 saturated heterocycles. The van der Waals surface area contributed by atoms with Crippen LogP contribution in [0.1, 0.15) is 29.6 Å². The summed E-state index contributed by atoms with van der Waals surface area (Å²) in [4.78, 5) is 17.6. The Bertz CT molecular complexity index is 1310. The maximum Gasteiger partial charge on any atom is 0.170 e. The molecular weight excluding hydrogens is 420 g/mol. The number of Topliss-reactive ketones (excluding diaryl/α,β-unsaturated/α-hetero) is 1. The second-order valence-electron chi connectivity index (χ2n) is 8.48. The number of aromatic nitrogens is 4. The molecular formula is C25H26N4O4. The Morgan fingerprint density at radius 2 is 1.85 bits per heavy atom. The van der Waals surface area contributed by atoms with Crippen LogP contribution in [0.15, 0.2) is 49.1 Å². The highest BCUT2D eigenvalue weighted by Crippen LogP contribution is 2.39. The Kier molecular flexibility index (Phi) is 5.38. The minimum absolute atomic E-state index is 0.000581. The highest BCUT2D eigenvalue weighted by atomic mass is 16.5. The van der Waals surface area contributed by atoms with Crippen molar-refractivity contribution < 1.29 is 19.4 Å². The molecule has 33 heavy (non-hydrogen) atoms. The quantitative estimate of drug-likeness (QED) is 0.435. The standard InChI is InChI=1S/C25H26N4O4/c1-28-14-18(12-27-28)15-6-7-29-19(13-26-24(29)11-15)17-9-22(32-2)25(23(10-17)33-3)21(31)8-16-4-5-20(16)30/h6-7,9-14,16,20,30H,4-5,8H2,1-3H3/t16-,20+/m1/s1. The summed E-state index contributed by atoms with van der Waals surface area (Å²) in [6.45, 7) is 0. The van der Waals surface area contributed by atoms with Gasteiger partial charge in [-0.3, -0.25) is 13.9 Å². The van der Waals surface area contributed by atoms with Crippen LogP contribution >= 0.6 is 0 Å². The number of aryl methyl sites for hydroxylation is 1. The first-order chi connectivity index (χ1) is 16.0. The smallest absolute Gasteiger partial charge is 0.170 e. The van der Waals surface area contributed by atoms with Crippen molar-refractivity contribution in [1.82, 2.24) is 19.2 Å². The van der Waals surface area contributed by atoms with Crippen molar-refractivity contribution in [2.75, 3.05) is 14.2 Å². The van der Waals surface area contributed by atoms with Gasteiger partial charge in [-0.05, 0) is 48.6 Å². The second kappa shape index (κ2) is 8.37. The van der Waals surface area contributed by atoms with Crippen molar-refractivity contribution in [2.45, 2.75) is 25.4 Å². The van der Waals surface area contributed by atoms with Gasteiger partial charge >= 0.3 is 0 Å². The molecule has 0 radical (unpaired) electrons. The number of imidazole rings is 1. The van der Waals surface area contributed by atoms with Crippen molar-refractivity contribution in [2.24, 2.45) is 13.0 Å². The zero-order valence-corrected chi connectivity index (χ0v) is 18.9. The third-order valence-electron chi connectivity index (χ3n) is 6.46. The van der Waals surface area contributed by atoms with Crippen LogP contribution in [0.3, 0.4) is 0 Å². The molecule has 1 saturated carbocycles. The molecule has 3 heterocycles. The summed E-state index contributed by atoms with van der Waals surface area (Å²) in [5.41, 5.74) is 4.94. The van der Waals surface area contributed by atoms with E-state index in [1.807, 2.05) is 54.3 Å². The Morgan fingerprint density at radius 3 is 2.42 bits per heavy atom. The number of hydrogen-bond acceptors (Lipinski definition) is 6. The van der Waals surface area contributed by atoms with Gasteiger partial charge in [0, 0.05) is 37.0 Å². The van der Waals surface area contributed by atoms with Crippen LogP contribution in [0, 0.1) is 5.92 Å². The van der Waals surface area contributed by atoms with Crippen molar-refractivity contribution >= 4 is 11.4 Å². The van der Waals surface area contributed by atoms with Crippen LogP contribution in [0.4, 0.5) is 0 Å². The predicted molar refractivity (Wildman–Crippen MR) is 124 cm³/mol. The molecule has 4 aromatic rings. The van der Waals surface area contributed by atoms with Gasteiger partial charge in [0.25, 0.3) is 0 Å². The third kappa shape index (κ3) is 3.76. The normalized spacial score (nSPS) is 17.7. The monoisotopic (exact) mass is 446 g/mol. The van der Waals surface area contributed by atoms with Gasteiger partial charge in [-0.1, -0.05) is 0 Å². The first-order valence-electron chi connectivity index (χ1n) is 10.9. The minimum atomic E-state index is -0.403. The molecule has 0 bridgehead atoms. The molecule has 5 rings (SSSR count). The number of aliphatic hydroxyl groups excluding tert-OH is 1. The lowest BCUT2D eigenvalue weighted by Gasteiger charge is -2.32. The van der Waals surface area contributed by atoms with Crippen molar-refractivity contribution in [3.05, 3.63) is 54.6 Å². The number of ketones is 1. The fraction of sp³-hybridized carbons (Fsp3) is 0.320. The Morgan fingerprint density at radius 1 is 1.09 bits per heavy atom. The molecule has 0 spiro atoms. The number of rotatable bonds is 7. The third-order valence-corrected chi connectivity index (χ3v) is 6.46. The summed E-state index contributed by atoms with van der Waals surface area (Å²) in [5, 5.41) is 14.1. The van der Waals surface area contributed by atoms with E-state index in [0.29, 0.717) is 17.1 Å². The number of fused-ring (bicyclic) bond motifs is 1. The van der Waals surface area contributed by atoms with Crippen molar-refractivity contribution in [3.63, 3.8) is 0 Å². The number of carbonyl (C=O) groups is 1. The average Bonchev–Trinajstić information content (AvgIpc) is 3.46. The minimum Gasteiger partial charge on any atom is -0.496 e. The predicted octanol–water partition coefficient (Wildman–Crippen LogP) is 3.76. The molecule has 1 aromatic carbocycles. The molecule has 1 aliphatic carbocycles. The number of carbonyl (C=O) groups excluding carboxylic acids is 1. The highest BCUT2D eigenvalue weighted by molar-refractivity contribution is 6.02. The molecule has 1 N–H and O–H groups in total. The maximum absolute atomic E-state index is 13.0. The van der Waals surface area contributed by atoms with Crippen LogP contribution in [0.25, 0.3) is 28.0 Å². The lowest BCUT2D eigenvalue weighted by Crippen LogP contribution is -2.33. The molecule has 8 nitrogen and oxygen atoms in total. The van der Waals surface area contributed by atoms with E-state index in [1.54, 1.807) is 25.1 Å². The lowest BCUT2D eigenvalue weighted by molar-refractivity contribution is 0.0197. The molecule has 0 unspecified atom stereocenters. The Balaban J connectivity index is 1.53. The average molecular weight is 447 g/mol. The van der Waals surface area contributed by atoms with E-state index in [4.69, 9.17) is 9.47 Å². The first kappa shape index (κ1) is 21.2. The van der Waals surface area contributed by atoms with Gasteiger partial charge in [0.2, 0.25) is 0 Å². The Hall–Kier alpha value is -3.65. The summed E-state index contributed by atoms with van der Waals surface area (Å²) >= 11 is 0. The van der Waals surface area contributed by atoms with Crippen LogP contribution in [0.2, 0.25) is 0 Å². The van der Waals surface area contributed by atoms with Gasteiger partial charge in [0.1, 0.15) is 22.7 Å². The molecule has 3 aromatic heterocycles. The summed E-state index contributed by atoms with van der Waals surface area (Å²) in [7, 11) is 4.98. The zero-order chi connectivity index (χ0) is 23.1. The van der Waals surface area contributed by atoms with Crippen molar-refractivity contribution in [1.29, 1.82) is 0 Å². The molecule has 2 atom stereocenters. The van der Waals surface area contributed by atoms with E-state index in [0.717, 1.165) is 40.9 Å². The largest absolute Gasteiger partial charge is 0.496 e. The molecule has 1 fully saturated rings. The van der Waals surface area contributed by atoms with Gasteiger partial charge in [0.05, 0.1) is 38.4 Å². The van der Waals surface area contributed by atoms with Crippen LogP contribution in [0.5, 0.6) is 11.5 Å². The summed E-state index contributed by atoms with van der Waals surface area (Å²) in [5.74, 6) is 0.813. The van der Waals surface area contributed by atoms with E-state index in [1.165, 1.54) is 0 Å². The van der Waals surface area contributed by atoms with Crippen LogP contribution < -0.4 is 9.47 Å². The van der Waals surface area contributed by atoms with E-state index >= 15 is 0 Å². The molecule has 170 valence electrons. The number of pyridine rings is 1. The van der Waals surface area contributed by atoms with Gasteiger partial charge in [0.15, 0.2) is 5.78 Å². The fourth-order valence-electron chi connectivity index (χ4n) is 4.41. The number of hydrogen-bond donors (Lipinski definition) is 1. The molecule has 1 aliphatic rings. The van der Waals surface area contributed by atoms with Crippen molar-refractivity contribution in [3.8, 4) is 33.9 Å². The summed E-state index contributed by atoms with van der Waals surface area (Å²) in [6, 6.07) is 7.71. The number of nitrogens with zero attached hydrogens (tertiary/aromatic N) is 4. The summed E-state index contributed by atoms with van der Waals surface area (Å²) < 4.78 is 14.9. The van der Waals surface area contributed by atoms with Gasteiger partial charge in [-0.2, -0.15) is 5.10 Å². The highest BCUT2D eigenvalue weighted by Gasteiger charge is 2.32. The molecule has 8 heteroatoms. The van der Waals surface area contributed by atoms with E-state index < -0.39 is 6.10 Å². The second-order valence-corrected chi connectivity index (χ2v) is 8.48. The van der Waals surface area contributed by atoms with Gasteiger partial charge < -0.3 is 14.6 Å². The molecule has 0 amide bonds. The van der Waals surface area contributed by atoms with Gasteiger partial charge in [-0.15, -0.1) is 0 Å². The summed E-state index contributed by atoms with van der Waals surface area (Å²) in [6.07, 6.45) is 9.03. The number of ether oxygens (including phenoxy) is 2. The maximum atomic E-state index is 13.0. The van der Waals surface area contributed by atoms with Gasteiger partial charge in [-0.25, -0.2) is 4.98 Å². The van der Waals surface area contributed by atoms with E-state index in [2.05, 4.69) is 10.1 Å². The van der Waals surface area contributed by atoms with E-state index in [-0.39, 0.29) is 18.1 Å². The topological polar surface area (TPSA) is 90.9 Å².